The van der Waals surface area contributed by atoms with E-state index in [0.717, 1.165) is 12.1 Å². The molecule has 0 saturated carbocycles. The summed E-state index contributed by atoms with van der Waals surface area (Å²) in [4.78, 5) is 11.9. The Bertz CT molecular complexity index is 669. The lowest BCUT2D eigenvalue weighted by atomic mass is 10.1. The molecular formula is C16H17Cl2N3O. The van der Waals surface area contributed by atoms with Gasteiger partial charge in [-0.3, -0.25) is 4.79 Å². The fourth-order valence-corrected chi connectivity index (χ4v) is 2.47. The maximum atomic E-state index is 11.9. The zero-order chi connectivity index (χ0) is 16.1. The normalized spacial score (nSPS) is 10.3. The molecule has 2 aromatic rings. The Hall–Kier alpha value is -1.91. The van der Waals surface area contributed by atoms with Crippen molar-refractivity contribution in [3.63, 3.8) is 0 Å². The molecule has 2 aromatic carbocycles. The van der Waals surface area contributed by atoms with Crippen LogP contribution in [0.3, 0.4) is 0 Å². The van der Waals surface area contributed by atoms with Crippen molar-refractivity contribution in [1.29, 1.82) is 0 Å². The lowest BCUT2D eigenvalue weighted by molar-refractivity contribution is 0.0953. The number of amides is 1. The van der Waals surface area contributed by atoms with E-state index in [4.69, 9.17) is 28.9 Å². The zero-order valence-corrected chi connectivity index (χ0v) is 13.6. The standard InChI is InChI=1S/C16H17Cl2N3O/c1-2-5-20-16(22)10-3-4-15(14(19)6-10)21-13-8-11(17)7-12(18)9-13/h3-4,6-9,21H,2,5,19H2,1H3,(H,20,22). The van der Waals surface area contributed by atoms with Gasteiger partial charge < -0.3 is 16.4 Å². The summed E-state index contributed by atoms with van der Waals surface area (Å²) < 4.78 is 0. The molecule has 6 heteroatoms. The first kappa shape index (κ1) is 16.5. The van der Waals surface area contributed by atoms with Crippen LogP contribution in [-0.4, -0.2) is 12.5 Å². The highest BCUT2D eigenvalue weighted by molar-refractivity contribution is 6.35. The zero-order valence-electron chi connectivity index (χ0n) is 12.1. The number of nitrogen functional groups attached to an aromatic ring is 1. The first-order chi connectivity index (χ1) is 10.5. The number of rotatable bonds is 5. The van der Waals surface area contributed by atoms with E-state index in [1.165, 1.54) is 0 Å². The van der Waals surface area contributed by atoms with Crippen molar-refractivity contribution >= 4 is 46.2 Å². The average molecular weight is 338 g/mol. The molecule has 0 saturated heterocycles. The van der Waals surface area contributed by atoms with Crippen LogP contribution in [0.1, 0.15) is 23.7 Å². The maximum absolute atomic E-state index is 11.9. The molecule has 0 radical (unpaired) electrons. The van der Waals surface area contributed by atoms with E-state index in [9.17, 15) is 4.79 Å². The fourth-order valence-electron chi connectivity index (χ4n) is 1.94. The van der Waals surface area contributed by atoms with Gasteiger partial charge in [-0.15, -0.1) is 0 Å². The lowest BCUT2D eigenvalue weighted by Gasteiger charge is -2.12. The third-order valence-electron chi connectivity index (χ3n) is 2.99. The van der Waals surface area contributed by atoms with Crippen molar-refractivity contribution in [3.05, 3.63) is 52.0 Å². The van der Waals surface area contributed by atoms with Gasteiger partial charge >= 0.3 is 0 Å². The largest absolute Gasteiger partial charge is 0.397 e. The molecule has 116 valence electrons. The number of nitrogens with two attached hydrogens (primary N) is 1. The van der Waals surface area contributed by atoms with E-state index in [0.29, 0.717) is 33.5 Å². The SMILES string of the molecule is CCCNC(=O)c1ccc(Nc2cc(Cl)cc(Cl)c2)c(N)c1. The second-order valence-electron chi connectivity index (χ2n) is 4.84. The van der Waals surface area contributed by atoms with Gasteiger partial charge in [0.1, 0.15) is 0 Å². The molecule has 0 fully saturated rings. The van der Waals surface area contributed by atoms with Gasteiger partial charge in [0, 0.05) is 27.8 Å². The minimum absolute atomic E-state index is 0.133. The highest BCUT2D eigenvalue weighted by Crippen LogP contribution is 2.28. The maximum Gasteiger partial charge on any atom is 0.251 e. The summed E-state index contributed by atoms with van der Waals surface area (Å²) in [6.07, 6.45) is 0.885. The smallest absolute Gasteiger partial charge is 0.251 e. The molecule has 22 heavy (non-hydrogen) atoms. The quantitative estimate of drug-likeness (QED) is 0.705. The summed E-state index contributed by atoms with van der Waals surface area (Å²) in [6.45, 7) is 2.64. The van der Waals surface area contributed by atoms with Crippen LogP contribution in [0.5, 0.6) is 0 Å². The lowest BCUT2D eigenvalue weighted by Crippen LogP contribution is -2.24. The van der Waals surface area contributed by atoms with Gasteiger partial charge in [-0.1, -0.05) is 30.1 Å². The van der Waals surface area contributed by atoms with Crippen LogP contribution in [0.2, 0.25) is 10.0 Å². The van der Waals surface area contributed by atoms with Crippen molar-refractivity contribution in [2.24, 2.45) is 0 Å². The summed E-state index contributed by atoms with van der Waals surface area (Å²) in [5.41, 5.74) is 8.42. The molecule has 1 amide bonds. The van der Waals surface area contributed by atoms with Crippen LogP contribution in [0, 0.1) is 0 Å². The topological polar surface area (TPSA) is 67.2 Å². The van der Waals surface area contributed by atoms with Crippen molar-refractivity contribution in [1.82, 2.24) is 5.32 Å². The number of benzene rings is 2. The summed E-state index contributed by atoms with van der Waals surface area (Å²) in [7, 11) is 0. The molecule has 0 spiro atoms. The molecule has 0 heterocycles. The van der Waals surface area contributed by atoms with Crippen molar-refractivity contribution in [3.8, 4) is 0 Å². The van der Waals surface area contributed by atoms with Crippen molar-refractivity contribution in [2.45, 2.75) is 13.3 Å². The molecule has 4 N–H and O–H groups in total. The first-order valence-electron chi connectivity index (χ1n) is 6.90. The number of carbonyl (C=O) groups excluding carboxylic acids is 1. The van der Waals surface area contributed by atoms with E-state index in [-0.39, 0.29) is 5.91 Å². The third-order valence-corrected chi connectivity index (χ3v) is 3.43. The molecule has 0 aliphatic rings. The van der Waals surface area contributed by atoms with Gasteiger partial charge in [-0.25, -0.2) is 0 Å². The number of anilines is 3. The van der Waals surface area contributed by atoms with E-state index < -0.39 is 0 Å². The number of hydrogen-bond acceptors (Lipinski definition) is 3. The van der Waals surface area contributed by atoms with E-state index >= 15 is 0 Å². The van der Waals surface area contributed by atoms with Gasteiger partial charge in [-0.05, 0) is 42.8 Å². The molecule has 0 aliphatic heterocycles. The van der Waals surface area contributed by atoms with Crippen LogP contribution >= 0.6 is 23.2 Å². The van der Waals surface area contributed by atoms with Crippen molar-refractivity contribution in [2.75, 3.05) is 17.6 Å². The van der Waals surface area contributed by atoms with Crippen LogP contribution in [0.25, 0.3) is 0 Å². The second-order valence-corrected chi connectivity index (χ2v) is 5.71. The minimum Gasteiger partial charge on any atom is -0.397 e. The minimum atomic E-state index is -0.133. The van der Waals surface area contributed by atoms with Crippen LogP contribution in [0.15, 0.2) is 36.4 Å². The van der Waals surface area contributed by atoms with Gasteiger partial charge in [0.15, 0.2) is 0 Å². The molecule has 2 rings (SSSR count). The van der Waals surface area contributed by atoms with Gasteiger partial charge in [-0.2, -0.15) is 0 Å². The Morgan fingerprint density at radius 2 is 1.82 bits per heavy atom. The predicted octanol–water partition coefficient (Wildman–Crippen LogP) is 4.46. The first-order valence-corrected chi connectivity index (χ1v) is 7.66. The summed E-state index contributed by atoms with van der Waals surface area (Å²) >= 11 is 11.9. The fraction of sp³-hybridized carbons (Fsp3) is 0.188. The predicted molar refractivity (Wildman–Crippen MR) is 93.2 cm³/mol. The van der Waals surface area contributed by atoms with Gasteiger partial charge in [0.2, 0.25) is 0 Å². The molecule has 0 unspecified atom stereocenters. The molecule has 4 nitrogen and oxygen atoms in total. The third kappa shape index (κ3) is 4.29. The molecule has 0 aromatic heterocycles. The monoisotopic (exact) mass is 337 g/mol. The van der Waals surface area contributed by atoms with Crippen LogP contribution in [0.4, 0.5) is 17.1 Å². The van der Waals surface area contributed by atoms with Gasteiger partial charge in [0.05, 0.1) is 11.4 Å². The molecule has 0 aliphatic carbocycles. The number of halogens is 2. The molecular weight excluding hydrogens is 321 g/mol. The summed E-state index contributed by atoms with van der Waals surface area (Å²) in [6, 6.07) is 10.3. The highest BCUT2D eigenvalue weighted by Gasteiger charge is 2.08. The number of nitrogens with one attached hydrogen (secondary N) is 2. The van der Waals surface area contributed by atoms with E-state index in [1.807, 2.05) is 6.92 Å². The Kier molecular flexibility index (Phi) is 5.52. The van der Waals surface area contributed by atoms with E-state index in [2.05, 4.69) is 10.6 Å². The Morgan fingerprint density at radius 3 is 2.41 bits per heavy atom. The molecule has 0 atom stereocenters. The Morgan fingerprint density at radius 1 is 1.14 bits per heavy atom. The second kappa shape index (κ2) is 7.38. The highest BCUT2D eigenvalue weighted by atomic mass is 35.5. The van der Waals surface area contributed by atoms with Crippen LogP contribution in [-0.2, 0) is 0 Å². The Labute approximate surface area is 139 Å². The van der Waals surface area contributed by atoms with Crippen LogP contribution < -0.4 is 16.4 Å². The Balaban J connectivity index is 2.17. The number of hydrogen-bond donors (Lipinski definition) is 3. The average Bonchev–Trinajstić information content (AvgIpc) is 2.45. The summed E-state index contributed by atoms with van der Waals surface area (Å²) in [5.74, 6) is -0.133. The van der Waals surface area contributed by atoms with E-state index in [1.54, 1.807) is 36.4 Å². The number of carbonyl (C=O) groups is 1. The van der Waals surface area contributed by atoms with Crippen molar-refractivity contribution < 1.29 is 4.79 Å². The summed E-state index contributed by atoms with van der Waals surface area (Å²) in [5, 5.41) is 7.01. The van der Waals surface area contributed by atoms with Gasteiger partial charge in [0.25, 0.3) is 5.91 Å². The molecule has 0 bridgehead atoms.